The smallest absolute Gasteiger partial charge is 0.409 e. The summed E-state index contributed by atoms with van der Waals surface area (Å²) in [5.74, 6) is -1.70. The Morgan fingerprint density at radius 1 is 1.21 bits per heavy atom. The Morgan fingerprint density at radius 3 is 2.67 bits per heavy atom. The molecule has 2 aromatic heterocycles. The SMILES string of the molecule is CC1=CC(C(F)(F)F)NN1c1nc(Nc2cccc(F)c2)ncc1-c1cncc(C(=O)O)c1. The van der Waals surface area contributed by atoms with E-state index in [9.17, 15) is 27.5 Å². The molecule has 0 fully saturated rings. The number of carboxylic acid groups (broad SMARTS) is 1. The fourth-order valence-electron chi connectivity index (χ4n) is 3.20. The number of pyridine rings is 1. The van der Waals surface area contributed by atoms with Crippen LogP contribution >= 0.6 is 0 Å². The lowest BCUT2D eigenvalue weighted by molar-refractivity contribution is -0.142. The fourth-order valence-corrected chi connectivity index (χ4v) is 3.20. The molecule has 3 N–H and O–H groups in total. The Bertz CT molecular complexity index is 1250. The molecular formula is C21H16F4N6O2. The van der Waals surface area contributed by atoms with Crippen LogP contribution in [0.4, 0.5) is 35.0 Å². The van der Waals surface area contributed by atoms with Gasteiger partial charge in [-0.2, -0.15) is 18.2 Å². The minimum Gasteiger partial charge on any atom is -0.478 e. The van der Waals surface area contributed by atoms with Gasteiger partial charge in [0.25, 0.3) is 0 Å². The number of benzene rings is 1. The van der Waals surface area contributed by atoms with Crippen LogP contribution in [0.3, 0.4) is 0 Å². The number of aromatic nitrogens is 3. The number of rotatable bonds is 5. The van der Waals surface area contributed by atoms with Gasteiger partial charge in [0.15, 0.2) is 5.82 Å². The molecule has 1 aliphatic heterocycles. The van der Waals surface area contributed by atoms with Crippen molar-refractivity contribution in [1.82, 2.24) is 20.4 Å². The third-order valence-electron chi connectivity index (χ3n) is 4.74. The van der Waals surface area contributed by atoms with E-state index in [0.29, 0.717) is 5.69 Å². The van der Waals surface area contributed by atoms with E-state index in [0.717, 1.165) is 17.3 Å². The molecule has 0 amide bonds. The van der Waals surface area contributed by atoms with E-state index in [1.54, 1.807) is 6.07 Å². The minimum atomic E-state index is -4.55. The lowest BCUT2D eigenvalue weighted by Crippen LogP contribution is -2.45. The van der Waals surface area contributed by atoms with E-state index in [4.69, 9.17) is 0 Å². The van der Waals surface area contributed by atoms with Gasteiger partial charge in [-0.1, -0.05) is 6.07 Å². The first-order valence-electron chi connectivity index (χ1n) is 9.51. The summed E-state index contributed by atoms with van der Waals surface area (Å²) in [6.45, 7) is 1.47. The van der Waals surface area contributed by atoms with Crippen LogP contribution in [0.25, 0.3) is 11.1 Å². The molecule has 0 saturated heterocycles. The number of anilines is 3. The molecule has 170 valence electrons. The first kappa shape index (κ1) is 22.1. The largest absolute Gasteiger partial charge is 0.478 e. The van der Waals surface area contributed by atoms with Crippen LogP contribution in [0.15, 0.2) is 60.7 Å². The van der Waals surface area contributed by atoms with Crippen molar-refractivity contribution in [3.8, 4) is 11.1 Å². The monoisotopic (exact) mass is 460 g/mol. The van der Waals surface area contributed by atoms with Crippen LogP contribution in [0.2, 0.25) is 0 Å². The normalized spacial score (nSPS) is 16.0. The van der Waals surface area contributed by atoms with E-state index in [1.807, 2.05) is 0 Å². The van der Waals surface area contributed by atoms with Gasteiger partial charge in [-0.15, -0.1) is 0 Å². The van der Waals surface area contributed by atoms with Crippen molar-refractivity contribution >= 4 is 23.4 Å². The lowest BCUT2D eigenvalue weighted by Gasteiger charge is -2.25. The number of hydrogen-bond acceptors (Lipinski definition) is 7. The van der Waals surface area contributed by atoms with E-state index < -0.39 is 24.0 Å². The molecular weight excluding hydrogens is 444 g/mol. The van der Waals surface area contributed by atoms with Gasteiger partial charge in [0.05, 0.1) is 5.56 Å². The quantitative estimate of drug-likeness (QED) is 0.485. The van der Waals surface area contributed by atoms with Crippen LogP contribution in [0.1, 0.15) is 17.3 Å². The molecule has 1 aromatic carbocycles. The summed E-state index contributed by atoms with van der Waals surface area (Å²) in [4.78, 5) is 23.7. The van der Waals surface area contributed by atoms with E-state index in [-0.39, 0.29) is 34.2 Å². The Labute approximate surface area is 184 Å². The number of hydrazine groups is 1. The summed E-state index contributed by atoms with van der Waals surface area (Å²) in [5, 5.41) is 13.2. The highest BCUT2D eigenvalue weighted by molar-refractivity contribution is 5.90. The molecule has 0 saturated carbocycles. The highest BCUT2D eigenvalue weighted by atomic mass is 19.4. The summed E-state index contributed by atoms with van der Waals surface area (Å²) < 4.78 is 53.4. The number of aromatic carboxylic acids is 1. The standard InChI is InChI=1S/C21H16F4N6O2/c1-11-5-17(21(23,24)25)30-31(11)18-16(12-6-13(19(32)33)9-26-8-12)10-27-20(29-18)28-15-4-2-3-14(22)7-15/h2-10,17,30H,1H3,(H,32,33)(H,27,28,29). The molecule has 8 nitrogen and oxygen atoms in total. The molecule has 1 unspecified atom stereocenters. The number of nitrogens with one attached hydrogen (secondary N) is 2. The maximum atomic E-state index is 13.5. The third kappa shape index (κ3) is 4.75. The van der Waals surface area contributed by atoms with Crippen molar-refractivity contribution in [3.05, 3.63) is 72.1 Å². The molecule has 33 heavy (non-hydrogen) atoms. The molecule has 0 bridgehead atoms. The van der Waals surface area contributed by atoms with Crippen molar-refractivity contribution in [1.29, 1.82) is 0 Å². The number of alkyl halides is 3. The van der Waals surface area contributed by atoms with Gasteiger partial charge < -0.3 is 10.4 Å². The van der Waals surface area contributed by atoms with E-state index in [1.165, 1.54) is 43.6 Å². The summed E-state index contributed by atoms with van der Waals surface area (Å²) in [6, 6.07) is 4.87. The molecule has 3 heterocycles. The molecule has 0 aliphatic carbocycles. The predicted molar refractivity (Wildman–Crippen MR) is 111 cm³/mol. The molecule has 12 heteroatoms. The van der Waals surface area contributed by atoms with Gasteiger partial charge in [-0.3, -0.25) is 9.99 Å². The zero-order chi connectivity index (χ0) is 23.8. The second kappa shape index (κ2) is 8.47. The highest BCUT2D eigenvalue weighted by Crippen LogP contribution is 2.35. The van der Waals surface area contributed by atoms with Crippen LogP contribution in [0.5, 0.6) is 0 Å². The van der Waals surface area contributed by atoms with Crippen LogP contribution in [-0.2, 0) is 0 Å². The van der Waals surface area contributed by atoms with Crippen molar-refractivity contribution in [2.24, 2.45) is 0 Å². The number of carbonyl (C=O) groups is 1. The molecule has 3 aromatic rings. The van der Waals surface area contributed by atoms with Crippen LogP contribution in [0, 0.1) is 5.82 Å². The first-order chi connectivity index (χ1) is 15.6. The van der Waals surface area contributed by atoms with Gasteiger partial charge >= 0.3 is 12.1 Å². The van der Waals surface area contributed by atoms with Gasteiger partial charge in [0.2, 0.25) is 5.95 Å². The Hall–Kier alpha value is -4.06. The fraction of sp³-hybridized carbons (Fsp3) is 0.143. The highest BCUT2D eigenvalue weighted by Gasteiger charge is 2.43. The molecule has 4 rings (SSSR count). The number of halogens is 4. The Morgan fingerprint density at radius 2 is 2.00 bits per heavy atom. The number of allylic oxidation sites excluding steroid dienone is 1. The second-order valence-electron chi connectivity index (χ2n) is 7.13. The lowest BCUT2D eigenvalue weighted by atomic mass is 10.1. The number of nitrogens with zero attached hydrogens (tertiary/aromatic N) is 4. The summed E-state index contributed by atoms with van der Waals surface area (Å²) in [7, 11) is 0. The summed E-state index contributed by atoms with van der Waals surface area (Å²) in [6.07, 6.45) is 0.270. The average molecular weight is 460 g/mol. The molecule has 1 atom stereocenters. The topological polar surface area (TPSA) is 103 Å². The van der Waals surface area contributed by atoms with Crippen LogP contribution in [-0.4, -0.2) is 38.2 Å². The first-order valence-corrected chi connectivity index (χ1v) is 9.51. The molecule has 0 radical (unpaired) electrons. The minimum absolute atomic E-state index is 0.00763. The van der Waals surface area contributed by atoms with Gasteiger partial charge in [0, 0.05) is 41.1 Å². The van der Waals surface area contributed by atoms with E-state index >= 15 is 0 Å². The second-order valence-corrected chi connectivity index (χ2v) is 7.13. The van der Waals surface area contributed by atoms with E-state index in [2.05, 4.69) is 25.7 Å². The zero-order valence-electron chi connectivity index (χ0n) is 16.9. The Kier molecular flexibility index (Phi) is 5.68. The Balaban J connectivity index is 1.79. The van der Waals surface area contributed by atoms with Crippen LogP contribution < -0.4 is 15.8 Å². The summed E-state index contributed by atoms with van der Waals surface area (Å²) >= 11 is 0. The maximum Gasteiger partial charge on any atom is 0.409 e. The van der Waals surface area contributed by atoms with Crippen molar-refractivity contribution in [2.75, 3.05) is 10.3 Å². The molecule has 0 spiro atoms. The molecule has 1 aliphatic rings. The van der Waals surface area contributed by atoms with Gasteiger partial charge in [-0.05, 0) is 37.3 Å². The van der Waals surface area contributed by atoms with Gasteiger partial charge in [-0.25, -0.2) is 19.6 Å². The summed E-state index contributed by atoms with van der Waals surface area (Å²) in [5.41, 5.74) is 3.30. The van der Waals surface area contributed by atoms with Crippen molar-refractivity contribution < 1.29 is 27.5 Å². The van der Waals surface area contributed by atoms with Crippen molar-refractivity contribution in [2.45, 2.75) is 19.1 Å². The van der Waals surface area contributed by atoms with Crippen molar-refractivity contribution in [3.63, 3.8) is 0 Å². The number of carboxylic acids is 1. The zero-order valence-corrected chi connectivity index (χ0v) is 16.9. The maximum absolute atomic E-state index is 13.5. The predicted octanol–water partition coefficient (Wildman–Crippen LogP) is 4.28. The average Bonchev–Trinajstić information content (AvgIpc) is 3.16. The van der Waals surface area contributed by atoms with Gasteiger partial charge in [0.1, 0.15) is 11.9 Å². The third-order valence-corrected chi connectivity index (χ3v) is 4.74. The number of hydrogen-bond donors (Lipinski definition) is 3.